The molecular weight excluding hydrogens is 252 g/mol. The molecule has 0 fully saturated rings. The summed E-state index contributed by atoms with van der Waals surface area (Å²) in [6, 6.07) is 11.5. The minimum atomic E-state index is 0.289. The van der Waals surface area contributed by atoms with E-state index in [1.807, 2.05) is 31.2 Å². The Kier molecular flexibility index (Phi) is 2.90. The standard InChI is InChI=1S/C17H16O3/c1-10-13-7-11-5-4-6-15(18)14(11)8-12(13)9-16(19-2)17(10)20-3/h4-9,18H,1-3H3. The van der Waals surface area contributed by atoms with Crippen LogP contribution in [0.5, 0.6) is 17.2 Å². The van der Waals surface area contributed by atoms with E-state index < -0.39 is 0 Å². The highest BCUT2D eigenvalue weighted by molar-refractivity contribution is 6.03. The van der Waals surface area contributed by atoms with Crippen molar-refractivity contribution in [2.75, 3.05) is 14.2 Å². The van der Waals surface area contributed by atoms with Crippen LogP contribution in [0.25, 0.3) is 21.5 Å². The molecule has 0 aliphatic rings. The Morgan fingerprint density at radius 1 is 0.900 bits per heavy atom. The van der Waals surface area contributed by atoms with Gasteiger partial charge in [-0.2, -0.15) is 0 Å². The van der Waals surface area contributed by atoms with Gasteiger partial charge in [-0.15, -0.1) is 0 Å². The number of hydrogen-bond donors (Lipinski definition) is 1. The Hall–Kier alpha value is -2.42. The molecule has 20 heavy (non-hydrogen) atoms. The third-order valence-electron chi connectivity index (χ3n) is 3.71. The van der Waals surface area contributed by atoms with Crippen molar-refractivity contribution in [2.24, 2.45) is 0 Å². The average Bonchev–Trinajstić information content (AvgIpc) is 2.46. The van der Waals surface area contributed by atoms with Gasteiger partial charge in [0.25, 0.3) is 0 Å². The number of phenols is 1. The molecule has 102 valence electrons. The summed E-state index contributed by atoms with van der Waals surface area (Å²) in [6.07, 6.45) is 0. The molecule has 3 heteroatoms. The van der Waals surface area contributed by atoms with Crippen molar-refractivity contribution in [3.05, 3.63) is 42.0 Å². The topological polar surface area (TPSA) is 38.7 Å². The highest BCUT2D eigenvalue weighted by atomic mass is 16.5. The number of benzene rings is 3. The van der Waals surface area contributed by atoms with Gasteiger partial charge in [-0.1, -0.05) is 12.1 Å². The van der Waals surface area contributed by atoms with Gasteiger partial charge in [-0.3, -0.25) is 0 Å². The second kappa shape index (κ2) is 4.60. The first-order valence-electron chi connectivity index (χ1n) is 6.42. The summed E-state index contributed by atoms with van der Waals surface area (Å²) in [7, 11) is 3.27. The molecule has 0 amide bonds. The highest BCUT2D eigenvalue weighted by Gasteiger charge is 2.13. The van der Waals surface area contributed by atoms with Crippen molar-refractivity contribution in [1.82, 2.24) is 0 Å². The van der Waals surface area contributed by atoms with Crippen molar-refractivity contribution < 1.29 is 14.6 Å². The van der Waals surface area contributed by atoms with Gasteiger partial charge in [0.2, 0.25) is 0 Å². The van der Waals surface area contributed by atoms with E-state index in [-0.39, 0.29) is 5.75 Å². The van der Waals surface area contributed by atoms with Crippen LogP contribution >= 0.6 is 0 Å². The van der Waals surface area contributed by atoms with Gasteiger partial charge in [-0.25, -0.2) is 0 Å². The summed E-state index contributed by atoms with van der Waals surface area (Å²) in [5.41, 5.74) is 1.03. The van der Waals surface area contributed by atoms with Gasteiger partial charge in [0.1, 0.15) is 5.75 Å². The van der Waals surface area contributed by atoms with Crippen molar-refractivity contribution in [3.63, 3.8) is 0 Å². The molecule has 0 unspecified atom stereocenters. The molecule has 0 aromatic heterocycles. The van der Waals surface area contributed by atoms with Crippen LogP contribution in [0.1, 0.15) is 5.56 Å². The monoisotopic (exact) mass is 268 g/mol. The number of phenolic OH excluding ortho intramolecular Hbond substituents is 1. The zero-order valence-corrected chi connectivity index (χ0v) is 11.7. The molecule has 0 heterocycles. The fraction of sp³-hybridized carbons (Fsp3) is 0.176. The Morgan fingerprint density at radius 2 is 1.65 bits per heavy atom. The van der Waals surface area contributed by atoms with E-state index in [0.29, 0.717) is 5.75 Å². The molecular formula is C17H16O3. The predicted molar refractivity (Wildman–Crippen MR) is 81.0 cm³/mol. The Morgan fingerprint density at radius 3 is 2.35 bits per heavy atom. The molecule has 0 spiro atoms. The van der Waals surface area contributed by atoms with Gasteiger partial charge in [0, 0.05) is 10.9 Å². The normalized spacial score (nSPS) is 10.9. The maximum atomic E-state index is 9.97. The number of fused-ring (bicyclic) bond motifs is 2. The van der Waals surface area contributed by atoms with Gasteiger partial charge in [0.15, 0.2) is 11.5 Å². The van der Waals surface area contributed by atoms with Crippen LogP contribution in [-0.2, 0) is 0 Å². The van der Waals surface area contributed by atoms with Crippen LogP contribution in [0.2, 0.25) is 0 Å². The van der Waals surface area contributed by atoms with E-state index in [1.54, 1.807) is 20.3 Å². The summed E-state index contributed by atoms with van der Waals surface area (Å²) >= 11 is 0. The lowest BCUT2D eigenvalue weighted by molar-refractivity contribution is 0.354. The predicted octanol–water partition coefficient (Wildman–Crippen LogP) is 4.02. The smallest absolute Gasteiger partial charge is 0.164 e. The molecule has 0 bridgehead atoms. The first-order valence-corrected chi connectivity index (χ1v) is 6.42. The number of methoxy groups -OCH3 is 2. The maximum absolute atomic E-state index is 9.97. The van der Waals surface area contributed by atoms with Gasteiger partial charge >= 0.3 is 0 Å². The zero-order valence-electron chi connectivity index (χ0n) is 11.7. The number of hydrogen-bond acceptors (Lipinski definition) is 3. The van der Waals surface area contributed by atoms with E-state index in [1.165, 1.54) is 0 Å². The summed E-state index contributed by atoms with van der Waals surface area (Å²) < 4.78 is 10.8. The molecule has 3 nitrogen and oxygen atoms in total. The molecule has 0 radical (unpaired) electrons. The average molecular weight is 268 g/mol. The number of aromatic hydroxyl groups is 1. The third kappa shape index (κ3) is 1.74. The fourth-order valence-corrected chi connectivity index (χ4v) is 2.69. The second-order valence-corrected chi connectivity index (χ2v) is 4.81. The van der Waals surface area contributed by atoms with Gasteiger partial charge < -0.3 is 14.6 Å². The largest absolute Gasteiger partial charge is 0.507 e. The zero-order chi connectivity index (χ0) is 14.3. The van der Waals surface area contributed by atoms with Gasteiger partial charge in [-0.05, 0) is 47.3 Å². The lowest BCUT2D eigenvalue weighted by Crippen LogP contribution is -1.94. The summed E-state index contributed by atoms with van der Waals surface area (Å²) in [6.45, 7) is 2.01. The molecule has 0 saturated carbocycles. The second-order valence-electron chi connectivity index (χ2n) is 4.81. The Balaban J connectivity index is 2.46. The van der Waals surface area contributed by atoms with Crippen molar-refractivity contribution >= 4 is 21.5 Å². The first-order chi connectivity index (χ1) is 9.65. The molecule has 0 saturated heterocycles. The summed E-state index contributed by atoms with van der Waals surface area (Å²) in [5, 5.41) is 13.9. The quantitative estimate of drug-likeness (QED) is 0.713. The molecule has 1 N–H and O–H groups in total. The summed E-state index contributed by atoms with van der Waals surface area (Å²) in [5.74, 6) is 1.74. The molecule has 0 aliphatic heterocycles. The van der Waals surface area contributed by atoms with Crippen LogP contribution in [0.4, 0.5) is 0 Å². The van der Waals surface area contributed by atoms with Crippen LogP contribution in [0, 0.1) is 6.92 Å². The minimum Gasteiger partial charge on any atom is -0.507 e. The lowest BCUT2D eigenvalue weighted by Gasteiger charge is -2.14. The SMILES string of the molecule is COc1cc2cc3c(O)cccc3cc2c(C)c1OC. The molecule has 3 aromatic carbocycles. The van der Waals surface area contributed by atoms with E-state index in [2.05, 4.69) is 6.07 Å². The number of aryl methyl sites for hydroxylation is 1. The van der Waals surface area contributed by atoms with E-state index in [0.717, 1.165) is 32.9 Å². The van der Waals surface area contributed by atoms with Crippen molar-refractivity contribution in [2.45, 2.75) is 6.92 Å². The van der Waals surface area contributed by atoms with E-state index >= 15 is 0 Å². The number of rotatable bonds is 2. The van der Waals surface area contributed by atoms with E-state index in [4.69, 9.17) is 9.47 Å². The fourth-order valence-electron chi connectivity index (χ4n) is 2.69. The van der Waals surface area contributed by atoms with Crippen LogP contribution in [0.3, 0.4) is 0 Å². The maximum Gasteiger partial charge on any atom is 0.164 e. The van der Waals surface area contributed by atoms with Crippen LogP contribution in [-0.4, -0.2) is 19.3 Å². The summed E-state index contributed by atoms with van der Waals surface area (Å²) in [4.78, 5) is 0. The first kappa shape index (κ1) is 12.6. The Labute approximate surface area is 117 Å². The molecule has 3 rings (SSSR count). The van der Waals surface area contributed by atoms with Crippen LogP contribution < -0.4 is 9.47 Å². The molecule has 3 aromatic rings. The lowest BCUT2D eigenvalue weighted by atomic mass is 9.98. The van der Waals surface area contributed by atoms with Crippen molar-refractivity contribution in [1.29, 1.82) is 0 Å². The Bertz CT molecular complexity index is 806. The third-order valence-corrected chi connectivity index (χ3v) is 3.71. The van der Waals surface area contributed by atoms with E-state index in [9.17, 15) is 5.11 Å². The highest BCUT2D eigenvalue weighted by Crippen LogP contribution is 2.39. The number of ether oxygens (including phenoxy) is 2. The minimum absolute atomic E-state index is 0.289. The van der Waals surface area contributed by atoms with Crippen LogP contribution in [0.15, 0.2) is 36.4 Å². The molecule has 0 aliphatic carbocycles. The van der Waals surface area contributed by atoms with Crippen molar-refractivity contribution in [3.8, 4) is 17.2 Å². The molecule has 0 atom stereocenters. The van der Waals surface area contributed by atoms with Gasteiger partial charge in [0.05, 0.1) is 14.2 Å².